The van der Waals surface area contributed by atoms with Gasteiger partial charge in [0.1, 0.15) is 0 Å². The van der Waals surface area contributed by atoms with Gasteiger partial charge in [-0.3, -0.25) is 4.79 Å². The maximum Gasteiger partial charge on any atom is 0.243 e. The Kier molecular flexibility index (Phi) is 6.66. The first-order valence-electron chi connectivity index (χ1n) is 8.09. The van der Waals surface area contributed by atoms with Crippen LogP contribution in [0, 0.1) is 11.3 Å². The number of anilines is 2. The molecule has 0 spiro atoms. The van der Waals surface area contributed by atoms with Gasteiger partial charge in [0.05, 0.1) is 31.4 Å². The van der Waals surface area contributed by atoms with Crippen LogP contribution in [0.2, 0.25) is 0 Å². The molecule has 25 heavy (non-hydrogen) atoms. The van der Waals surface area contributed by atoms with Crippen LogP contribution in [0.1, 0.15) is 19.4 Å². The second kappa shape index (κ2) is 9.18. The number of hydrogen-bond donors (Lipinski definition) is 2. The molecule has 0 aliphatic heterocycles. The zero-order chi connectivity index (χ0) is 18.1. The monoisotopic (exact) mass is 339 g/mol. The lowest BCUT2D eigenvalue weighted by atomic mass is 10.2. The number of benzene rings is 2. The summed E-state index contributed by atoms with van der Waals surface area (Å²) in [6.07, 6.45) is 0. The molecule has 2 N–H and O–H groups in total. The van der Waals surface area contributed by atoms with E-state index in [1.54, 1.807) is 42.5 Å². The highest BCUT2D eigenvalue weighted by atomic mass is 16.5. The third-order valence-electron chi connectivity index (χ3n) is 3.27. The number of nitrogens with zero attached hydrogens (tertiary/aromatic N) is 1. The van der Waals surface area contributed by atoms with Gasteiger partial charge in [0.2, 0.25) is 5.91 Å². The molecule has 2 aromatic carbocycles. The van der Waals surface area contributed by atoms with E-state index in [-0.39, 0.29) is 12.5 Å². The van der Waals surface area contributed by atoms with Gasteiger partial charge in [0.25, 0.3) is 0 Å². The van der Waals surface area contributed by atoms with E-state index >= 15 is 0 Å². The Bertz CT molecular complexity index is 769. The molecule has 0 radical (unpaired) electrons. The summed E-state index contributed by atoms with van der Waals surface area (Å²) in [4.78, 5) is 12.1. The van der Waals surface area contributed by atoms with Gasteiger partial charge in [-0.1, -0.05) is 6.07 Å². The van der Waals surface area contributed by atoms with Crippen molar-refractivity contribution >= 4 is 17.3 Å². The Balaban J connectivity index is 1.97. The van der Waals surface area contributed by atoms with E-state index < -0.39 is 0 Å². The van der Waals surface area contributed by atoms with Gasteiger partial charge in [0, 0.05) is 17.4 Å². The van der Waals surface area contributed by atoms with Crippen molar-refractivity contribution < 1.29 is 14.3 Å². The van der Waals surface area contributed by atoms with Gasteiger partial charge in [-0.15, -0.1) is 0 Å². The maximum atomic E-state index is 12.1. The van der Waals surface area contributed by atoms with Crippen molar-refractivity contribution in [1.29, 1.82) is 5.26 Å². The van der Waals surface area contributed by atoms with Crippen LogP contribution in [-0.4, -0.2) is 25.7 Å². The van der Waals surface area contributed by atoms with Crippen LogP contribution >= 0.6 is 0 Å². The van der Waals surface area contributed by atoms with Gasteiger partial charge < -0.3 is 20.1 Å². The van der Waals surface area contributed by atoms with E-state index in [0.29, 0.717) is 36.0 Å². The molecule has 130 valence electrons. The Morgan fingerprint density at radius 3 is 2.52 bits per heavy atom. The number of carbonyl (C=O) groups excluding carboxylic acids is 1. The summed E-state index contributed by atoms with van der Waals surface area (Å²) < 4.78 is 11.0. The largest absolute Gasteiger partial charge is 0.490 e. The van der Waals surface area contributed by atoms with Crippen molar-refractivity contribution in [2.24, 2.45) is 0 Å². The van der Waals surface area contributed by atoms with Gasteiger partial charge >= 0.3 is 0 Å². The van der Waals surface area contributed by atoms with Crippen molar-refractivity contribution in [2.45, 2.75) is 13.8 Å². The minimum Gasteiger partial charge on any atom is -0.490 e. The van der Waals surface area contributed by atoms with Gasteiger partial charge in [-0.25, -0.2) is 0 Å². The Morgan fingerprint density at radius 1 is 1.04 bits per heavy atom. The Morgan fingerprint density at radius 2 is 1.80 bits per heavy atom. The first-order chi connectivity index (χ1) is 12.2. The van der Waals surface area contributed by atoms with Gasteiger partial charge in [-0.2, -0.15) is 5.26 Å². The van der Waals surface area contributed by atoms with Crippen LogP contribution in [-0.2, 0) is 4.79 Å². The van der Waals surface area contributed by atoms with E-state index in [1.807, 2.05) is 13.8 Å². The summed E-state index contributed by atoms with van der Waals surface area (Å²) in [6, 6.07) is 14.3. The van der Waals surface area contributed by atoms with Crippen LogP contribution in [0.25, 0.3) is 0 Å². The highest BCUT2D eigenvalue weighted by Gasteiger charge is 2.08. The number of hydrogen-bond acceptors (Lipinski definition) is 5. The van der Waals surface area contributed by atoms with E-state index in [1.165, 1.54) is 0 Å². The number of carbonyl (C=O) groups is 1. The van der Waals surface area contributed by atoms with Gasteiger partial charge in [-0.05, 0) is 44.2 Å². The molecule has 0 aliphatic carbocycles. The minimum absolute atomic E-state index is 0.0893. The lowest BCUT2D eigenvalue weighted by Crippen LogP contribution is -2.21. The van der Waals surface area contributed by atoms with E-state index in [4.69, 9.17) is 14.7 Å². The maximum absolute atomic E-state index is 12.1. The Labute approximate surface area is 147 Å². The van der Waals surface area contributed by atoms with Crippen molar-refractivity contribution in [3.05, 3.63) is 48.0 Å². The summed E-state index contributed by atoms with van der Waals surface area (Å²) in [5, 5.41) is 14.7. The molecule has 0 aromatic heterocycles. The summed E-state index contributed by atoms with van der Waals surface area (Å²) >= 11 is 0. The predicted molar refractivity (Wildman–Crippen MR) is 97.1 cm³/mol. The van der Waals surface area contributed by atoms with E-state index in [0.717, 1.165) is 5.69 Å². The zero-order valence-electron chi connectivity index (χ0n) is 14.3. The molecule has 1 amide bonds. The molecular weight excluding hydrogens is 318 g/mol. The van der Waals surface area contributed by atoms with Crippen molar-refractivity contribution in [3.63, 3.8) is 0 Å². The summed E-state index contributed by atoms with van der Waals surface area (Å²) in [5.74, 6) is 1.04. The van der Waals surface area contributed by atoms with E-state index in [9.17, 15) is 4.79 Å². The van der Waals surface area contributed by atoms with E-state index in [2.05, 4.69) is 16.7 Å². The summed E-state index contributed by atoms with van der Waals surface area (Å²) in [5.41, 5.74) is 1.89. The second-order valence-electron chi connectivity index (χ2n) is 5.12. The number of nitriles is 1. The summed E-state index contributed by atoms with van der Waals surface area (Å²) in [6.45, 7) is 4.93. The molecular formula is C19H21N3O3. The SMILES string of the molecule is CCOc1ccc(NC(=O)CNc2cccc(C#N)c2)cc1OCC. The normalized spacial score (nSPS) is 9.80. The minimum atomic E-state index is -0.200. The molecule has 6 nitrogen and oxygen atoms in total. The van der Waals surface area contributed by atoms with Crippen molar-refractivity contribution in [1.82, 2.24) is 0 Å². The first-order valence-corrected chi connectivity index (χ1v) is 8.09. The molecule has 0 unspecified atom stereocenters. The number of ether oxygens (including phenoxy) is 2. The summed E-state index contributed by atoms with van der Waals surface area (Å²) in [7, 11) is 0. The fraction of sp³-hybridized carbons (Fsp3) is 0.263. The Hall–Kier alpha value is -3.20. The fourth-order valence-corrected chi connectivity index (χ4v) is 2.22. The third kappa shape index (κ3) is 5.43. The number of amides is 1. The fourth-order valence-electron chi connectivity index (χ4n) is 2.22. The van der Waals surface area contributed by atoms with Crippen molar-refractivity contribution in [2.75, 3.05) is 30.4 Å². The predicted octanol–water partition coefficient (Wildman–Crippen LogP) is 3.41. The molecule has 0 heterocycles. The molecule has 0 bridgehead atoms. The van der Waals surface area contributed by atoms with Crippen LogP contribution in [0.5, 0.6) is 11.5 Å². The average Bonchev–Trinajstić information content (AvgIpc) is 2.63. The average molecular weight is 339 g/mol. The van der Waals surface area contributed by atoms with Crippen LogP contribution < -0.4 is 20.1 Å². The standard InChI is InChI=1S/C19H21N3O3/c1-3-24-17-9-8-16(11-18(17)25-4-2)22-19(23)13-21-15-7-5-6-14(10-15)12-20/h5-11,21H,3-4,13H2,1-2H3,(H,22,23). The molecule has 0 aliphatic rings. The number of rotatable bonds is 8. The van der Waals surface area contributed by atoms with Crippen LogP contribution in [0.4, 0.5) is 11.4 Å². The molecule has 2 aromatic rings. The number of nitrogens with one attached hydrogen (secondary N) is 2. The van der Waals surface area contributed by atoms with Crippen LogP contribution in [0.3, 0.4) is 0 Å². The zero-order valence-corrected chi connectivity index (χ0v) is 14.3. The smallest absolute Gasteiger partial charge is 0.243 e. The molecule has 0 saturated heterocycles. The molecule has 6 heteroatoms. The molecule has 0 saturated carbocycles. The highest BCUT2D eigenvalue weighted by Crippen LogP contribution is 2.30. The lowest BCUT2D eigenvalue weighted by Gasteiger charge is -2.13. The van der Waals surface area contributed by atoms with Crippen LogP contribution in [0.15, 0.2) is 42.5 Å². The third-order valence-corrected chi connectivity index (χ3v) is 3.27. The topological polar surface area (TPSA) is 83.4 Å². The quantitative estimate of drug-likeness (QED) is 0.770. The second-order valence-corrected chi connectivity index (χ2v) is 5.12. The molecule has 0 fully saturated rings. The molecule has 2 rings (SSSR count). The van der Waals surface area contributed by atoms with Crippen molar-refractivity contribution in [3.8, 4) is 17.6 Å². The lowest BCUT2D eigenvalue weighted by molar-refractivity contribution is -0.114. The molecule has 0 atom stereocenters. The highest BCUT2D eigenvalue weighted by molar-refractivity contribution is 5.94. The first kappa shape index (κ1) is 18.1. The van der Waals surface area contributed by atoms with Gasteiger partial charge in [0.15, 0.2) is 11.5 Å².